The molecule has 0 saturated carbocycles. The second-order valence-electron chi connectivity index (χ2n) is 5.86. The van der Waals surface area contributed by atoms with Crippen LogP contribution in [0.25, 0.3) is 5.57 Å². The molecule has 0 aliphatic heterocycles. The molecule has 2 aromatic rings. The highest BCUT2D eigenvalue weighted by molar-refractivity contribution is 5.75. The summed E-state index contributed by atoms with van der Waals surface area (Å²) in [7, 11) is 0. The Hall–Kier alpha value is -3.33. The van der Waals surface area contributed by atoms with Gasteiger partial charge < -0.3 is 4.74 Å². The SMILES string of the molecule is C=C/C=C(\C=C)Cn1cncc1Oc1ccc(C2=CC=CCC=C2)cc1. The quantitative estimate of drug-likeness (QED) is 0.588. The van der Waals surface area contributed by atoms with Crippen LogP contribution in [0.5, 0.6) is 11.6 Å². The maximum atomic E-state index is 6.00. The Morgan fingerprint density at radius 3 is 2.81 bits per heavy atom. The molecular formula is C23H22N2O. The molecule has 0 unspecified atom stereocenters. The van der Waals surface area contributed by atoms with E-state index in [2.05, 4.69) is 60.7 Å². The predicted octanol–water partition coefficient (Wildman–Crippen LogP) is 5.87. The second kappa shape index (κ2) is 8.67. The van der Waals surface area contributed by atoms with Crippen molar-refractivity contribution in [2.24, 2.45) is 0 Å². The minimum atomic E-state index is 0.632. The largest absolute Gasteiger partial charge is 0.439 e. The van der Waals surface area contributed by atoms with Gasteiger partial charge in [0.25, 0.3) is 0 Å². The molecule has 3 heteroatoms. The zero-order valence-electron chi connectivity index (χ0n) is 14.7. The van der Waals surface area contributed by atoms with Gasteiger partial charge in [-0.05, 0) is 35.3 Å². The molecule has 0 N–H and O–H groups in total. The van der Waals surface area contributed by atoms with Gasteiger partial charge in [-0.15, -0.1) is 0 Å². The van der Waals surface area contributed by atoms with Crippen LogP contribution in [-0.2, 0) is 6.54 Å². The zero-order valence-corrected chi connectivity index (χ0v) is 14.7. The van der Waals surface area contributed by atoms with Crippen LogP contribution in [0.1, 0.15) is 12.0 Å². The monoisotopic (exact) mass is 342 g/mol. The molecule has 0 amide bonds. The number of allylic oxidation sites excluding steroid dienone is 10. The van der Waals surface area contributed by atoms with E-state index in [0.29, 0.717) is 12.4 Å². The average molecular weight is 342 g/mol. The maximum Gasteiger partial charge on any atom is 0.219 e. The van der Waals surface area contributed by atoms with Crippen molar-refractivity contribution in [3.05, 3.63) is 110 Å². The summed E-state index contributed by atoms with van der Waals surface area (Å²) in [5.41, 5.74) is 3.40. The third-order valence-electron chi connectivity index (χ3n) is 4.01. The molecule has 1 heterocycles. The van der Waals surface area contributed by atoms with Gasteiger partial charge in [0, 0.05) is 0 Å². The van der Waals surface area contributed by atoms with Crippen LogP contribution < -0.4 is 4.74 Å². The number of nitrogens with zero attached hydrogens (tertiary/aromatic N) is 2. The first-order valence-corrected chi connectivity index (χ1v) is 8.56. The number of hydrogen-bond acceptors (Lipinski definition) is 2. The van der Waals surface area contributed by atoms with Gasteiger partial charge >= 0.3 is 0 Å². The fourth-order valence-corrected chi connectivity index (χ4v) is 2.65. The molecule has 1 aromatic heterocycles. The fourth-order valence-electron chi connectivity index (χ4n) is 2.65. The van der Waals surface area contributed by atoms with E-state index in [-0.39, 0.29) is 0 Å². The minimum Gasteiger partial charge on any atom is -0.439 e. The average Bonchev–Trinajstić information content (AvgIpc) is 2.92. The molecule has 0 spiro atoms. The Bertz CT molecular complexity index is 893. The summed E-state index contributed by atoms with van der Waals surface area (Å²) in [5.74, 6) is 1.46. The van der Waals surface area contributed by atoms with Crippen LogP contribution >= 0.6 is 0 Å². The summed E-state index contributed by atoms with van der Waals surface area (Å²) in [5, 5.41) is 0. The number of hydrogen-bond donors (Lipinski definition) is 0. The van der Waals surface area contributed by atoms with Gasteiger partial charge in [-0.1, -0.05) is 73.9 Å². The van der Waals surface area contributed by atoms with Crippen molar-refractivity contribution in [1.82, 2.24) is 9.55 Å². The van der Waals surface area contributed by atoms with Crippen molar-refractivity contribution in [2.45, 2.75) is 13.0 Å². The van der Waals surface area contributed by atoms with Crippen LogP contribution in [0.3, 0.4) is 0 Å². The van der Waals surface area contributed by atoms with Gasteiger partial charge in [0.1, 0.15) is 5.75 Å². The van der Waals surface area contributed by atoms with Crippen molar-refractivity contribution < 1.29 is 4.74 Å². The van der Waals surface area contributed by atoms with Crippen LogP contribution in [0, 0.1) is 0 Å². The number of imidazole rings is 1. The molecular weight excluding hydrogens is 320 g/mol. The van der Waals surface area contributed by atoms with Crippen molar-refractivity contribution in [3.8, 4) is 11.6 Å². The number of aromatic nitrogens is 2. The molecule has 1 aliphatic rings. The van der Waals surface area contributed by atoms with Gasteiger partial charge in [-0.3, -0.25) is 4.57 Å². The predicted molar refractivity (Wildman–Crippen MR) is 108 cm³/mol. The Labute approximate surface area is 154 Å². The summed E-state index contributed by atoms with van der Waals surface area (Å²) < 4.78 is 7.94. The topological polar surface area (TPSA) is 27.1 Å². The highest BCUT2D eigenvalue weighted by Gasteiger charge is 2.06. The highest BCUT2D eigenvalue weighted by Crippen LogP contribution is 2.25. The van der Waals surface area contributed by atoms with Crippen LogP contribution in [-0.4, -0.2) is 9.55 Å². The fraction of sp³-hybridized carbons (Fsp3) is 0.0870. The number of ether oxygens (including phenoxy) is 1. The van der Waals surface area contributed by atoms with Gasteiger partial charge in [0.15, 0.2) is 0 Å². The van der Waals surface area contributed by atoms with E-state index < -0.39 is 0 Å². The van der Waals surface area contributed by atoms with E-state index in [1.165, 1.54) is 5.57 Å². The van der Waals surface area contributed by atoms with Gasteiger partial charge in [0.2, 0.25) is 5.88 Å². The summed E-state index contributed by atoms with van der Waals surface area (Å²) >= 11 is 0. The lowest BCUT2D eigenvalue weighted by Crippen LogP contribution is -2.00. The third kappa shape index (κ3) is 4.39. The first kappa shape index (κ1) is 17.5. The van der Waals surface area contributed by atoms with Gasteiger partial charge in [0.05, 0.1) is 19.1 Å². The Balaban J connectivity index is 1.74. The summed E-state index contributed by atoms with van der Waals surface area (Å²) in [4.78, 5) is 4.19. The van der Waals surface area contributed by atoms with E-state index in [4.69, 9.17) is 4.74 Å². The van der Waals surface area contributed by atoms with E-state index in [0.717, 1.165) is 23.3 Å². The maximum absolute atomic E-state index is 6.00. The van der Waals surface area contributed by atoms with Crippen LogP contribution in [0.2, 0.25) is 0 Å². The Morgan fingerprint density at radius 2 is 2.04 bits per heavy atom. The van der Waals surface area contributed by atoms with Crippen LogP contribution in [0.15, 0.2) is 104 Å². The molecule has 1 aromatic carbocycles. The van der Waals surface area contributed by atoms with E-state index >= 15 is 0 Å². The first-order chi connectivity index (χ1) is 12.8. The molecule has 3 rings (SSSR count). The van der Waals surface area contributed by atoms with E-state index in [1.54, 1.807) is 18.6 Å². The molecule has 3 nitrogen and oxygen atoms in total. The molecule has 130 valence electrons. The Kier molecular flexibility index (Phi) is 5.84. The number of benzene rings is 1. The Morgan fingerprint density at radius 1 is 1.19 bits per heavy atom. The molecule has 1 aliphatic carbocycles. The standard InChI is InChI=1S/C23H22N2O/c1-3-9-19(4-2)17-25-18-24-16-23(25)26-22-14-12-21(13-15-22)20-10-7-5-6-8-11-20/h3-5,7-16,18H,1-2,6,17H2/b19-9+. The molecule has 0 fully saturated rings. The van der Waals surface area contributed by atoms with Gasteiger partial charge in [-0.25, -0.2) is 4.98 Å². The molecule has 0 atom stereocenters. The third-order valence-corrected chi connectivity index (χ3v) is 4.01. The van der Waals surface area contributed by atoms with Crippen molar-refractivity contribution in [2.75, 3.05) is 0 Å². The van der Waals surface area contributed by atoms with E-state index in [1.807, 2.05) is 28.9 Å². The number of rotatable bonds is 7. The lowest BCUT2D eigenvalue weighted by Gasteiger charge is -2.10. The van der Waals surface area contributed by atoms with E-state index in [9.17, 15) is 0 Å². The van der Waals surface area contributed by atoms with Crippen molar-refractivity contribution in [1.29, 1.82) is 0 Å². The molecule has 26 heavy (non-hydrogen) atoms. The smallest absolute Gasteiger partial charge is 0.219 e. The summed E-state index contributed by atoms with van der Waals surface area (Å²) in [6.07, 6.45) is 20.6. The molecule has 0 bridgehead atoms. The molecule has 0 radical (unpaired) electrons. The summed E-state index contributed by atoms with van der Waals surface area (Å²) in [6, 6.07) is 8.09. The van der Waals surface area contributed by atoms with Crippen LogP contribution in [0.4, 0.5) is 0 Å². The lowest BCUT2D eigenvalue weighted by molar-refractivity contribution is 0.436. The highest BCUT2D eigenvalue weighted by atomic mass is 16.5. The first-order valence-electron chi connectivity index (χ1n) is 8.56. The van der Waals surface area contributed by atoms with Crippen molar-refractivity contribution in [3.63, 3.8) is 0 Å². The summed E-state index contributed by atoms with van der Waals surface area (Å²) in [6.45, 7) is 8.19. The minimum absolute atomic E-state index is 0.632. The lowest BCUT2D eigenvalue weighted by atomic mass is 10.1. The zero-order chi connectivity index (χ0) is 18.2. The molecule has 0 saturated heterocycles. The van der Waals surface area contributed by atoms with Gasteiger partial charge in [-0.2, -0.15) is 0 Å². The van der Waals surface area contributed by atoms with Crippen molar-refractivity contribution >= 4 is 5.57 Å². The normalized spacial score (nSPS) is 13.8. The second-order valence-corrected chi connectivity index (χ2v) is 5.86.